The Kier molecular flexibility index (Phi) is 6.56. The summed E-state index contributed by atoms with van der Waals surface area (Å²) in [7, 11) is 3.20. The second kappa shape index (κ2) is 8.86. The number of H-pyrrole nitrogens is 1. The molecule has 25 heavy (non-hydrogen) atoms. The number of hydrogen-bond donors (Lipinski definition) is 2. The number of rotatable bonds is 8. The Labute approximate surface area is 146 Å². The summed E-state index contributed by atoms with van der Waals surface area (Å²) in [4.78, 5) is 39.1. The van der Waals surface area contributed by atoms with E-state index in [2.05, 4.69) is 10.3 Å². The molecule has 0 aliphatic carbocycles. The SMILES string of the molecule is CN(C)C(=O)CNC(=O)COC(=O)CCCc1c[nH]c2ccccc12. The molecule has 0 radical (unpaired) electrons. The highest BCUT2D eigenvalue weighted by Gasteiger charge is 2.10. The van der Waals surface area contributed by atoms with Crippen LogP contribution in [0.25, 0.3) is 10.9 Å². The topological polar surface area (TPSA) is 91.5 Å². The summed E-state index contributed by atoms with van der Waals surface area (Å²) in [5.74, 6) is -1.13. The number of carbonyl (C=O) groups is 3. The Bertz CT molecular complexity index is 752. The molecule has 7 nitrogen and oxygen atoms in total. The fourth-order valence-corrected chi connectivity index (χ4v) is 2.36. The summed E-state index contributed by atoms with van der Waals surface area (Å²) < 4.78 is 4.92. The minimum absolute atomic E-state index is 0.107. The molecule has 0 spiro atoms. The molecule has 0 unspecified atom stereocenters. The number of nitrogens with zero attached hydrogens (tertiary/aromatic N) is 1. The van der Waals surface area contributed by atoms with E-state index in [-0.39, 0.29) is 25.5 Å². The first-order valence-electron chi connectivity index (χ1n) is 8.15. The number of fused-ring (bicyclic) bond motifs is 1. The maximum absolute atomic E-state index is 11.7. The molecule has 0 aliphatic rings. The number of nitrogens with one attached hydrogen (secondary N) is 2. The van der Waals surface area contributed by atoms with Gasteiger partial charge in [0.1, 0.15) is 0 Å². The summed E-state index contributed by atoms with van der Waals surface area (Å²) in [6.45, 7) is -0.476. The normalized spacial score (nSPS) is 10.5. The number of esters is 1. The van der Waals surface area contributed by atoms with Crippen LogP contribution in [0.5, 0.6) is 0 Å². The van der Waals surface area contributed by atoms with Gasteiger partial charge in [0.15, 0.2) is 6.61 Å². The minimum atomic E-state index is -0.486. The highest BCUT2D eigenvalue weighted by Crippen LogP contribution is 2.19. The van der Waals surface area contributed by atoms with E-state index < -0.39 is 11.9 Å². The number of likely N-dealkylation sites (N-methyl/N-ethyl adjacent to an activating group) is 1. The Morgan fingerprint density at radius 1 is 1.20 bits per heavy atom. The molecule has 0 saturated heterocycles. The second-order valence-electron chi connectivity index (χ2n) is 5.94. The lowest BCUT2D eigenvalue weighted by Gasteiger charge is -2.11. The quantitative estimate of drug-likeness (QED) is 0.704. The van der Waals surface area contributed by atoms with Crippen molar-refractivity contribution < 1.29 is 19.1 Å². The Morgan fingerprint density at radius 2 is 1.96 bits per heavy atom. The molecule has 1 aromatic carbocycles. The minimum Gasteiger partial charge on any atom is -0.456 e. The van der Waals surface area contributed by atoms with Gasteiger partial charge in [-0.2, -0.15) is 0 Å². The van der Waals surface area contributed by atoms with Gasteiger partial charge in [-0.15, -0.1) is 0 Å². The third-order valence-electron chi connectivity index (χ3n) is 3.80. The van der Waals surface area contributed by atoms with Crippen LogP contribution in [0.4, 0.5) is 0 Å². The van der Waals surface area contributed by atoms with E-state index in [4.69, 9.17) is 4.74 Å². The summed E-state index contributed by atoms with van der Waals surface area (Å²) in [5.41, 5.74) is 2.23. The number of amides is 2. The van der Waals surface area contributed by atoms with Crippen LogP contribution < -0.4 is 5.32 Å². The highest BCUT2D eigenvalue weighted by atomic mass is 16.5. The zero-order valence-corrected chi connectivity index (χ0v) is 14.5. The van der Waals surface area contributed by atoms with Gasteiger partial charge in [0, 0.05) is 37.6 Å². The zero-order valence-electron chi connectivity index (χ0n) is 14.5. The lowest BCUT2D eigenvalue weighted by atomic mass is 10.1. The Hall–Kier alpha value is -2.83. The van der Waals surface area contributed by atoms with Crippen molar-refractivity contribution in [1.29, 1.82) is 0 Å². The number of aromatic nitrogens is 1. The lowest BCUT2D eigenvalue weighted by Crippen LogP contribution is -2.38. The molecule has 0 saturated carbocycles. The number of hydrogen-bond acceptors (Lipinski definition) is 4. The van der Waals surface area contributed by atoms with Crippen LogP contribution in [0, 0.1) is 0 Å². The van der Waals surface area contributed by atoms with Crippen molar-refractivity contribution in [2.45, 2.75) is 19.3 Å². The molecule has 2 aromatic rings. The van der Waals surface area contributed by atoms with Gasteiger partial charge in [0.2, 0.25) is 5.91 Å². The maximum atomic E-state index is 11.7. The zero-order chi connectivity index (χ0) is 18.2. The van der Waals surface area contributed by atoms with Crippen LogP contribution in [0.15, 0.2) is 30.5 Å². The largest absolute Gasteiger partial charge is 0.456 e. The molecule has 2 amide bonds. The van der Waals surface area contributed by atoms with Crippen LogP contribution in [-0.2, 0) is 25.5 Å². The van der Waals surface area contributed by atoms with Crippen molar-refractivity contribution >= 4 is 28.7 Å². The van der Waals surface area contributed by atoms with E-state index in [1.165, 1.54) is 4.90 Å². The first-order chi connectivity index (χ1) is 12.0. The summed E-state index contributed by atoms with van der Waals surface area (Å²) >= 11 is 0. The molecule has 1 aromatic heterocycles. The number of aryl methyl sites for hydroxylation is 1. The van der Waals surface area contributed by atoms with Crippen LogP contribution in [-0.4, -0.2) is 54.9 Å². The average molecular weight is 345 g/mol. The summed E-state index contributed by atoms with van der Waals surface area (Å²) in [6.07, 6.45) is 3.58. The van der Waals surface area contributed by atoms with Crippen molar-refractivity contribution in [3.05, 3.63) is 36.0 Å². The van der Waals surface area contributed by atoms with Crippen LogP contribution >= 0.6 is 0 Å². The van der Waals surface area contributed by atoms with Crippen LogP contribution in [0.2, 0.25) is 0 Å². The number of carbonyl (C=O) groups excluding carboxylic acids is 3. The molecule has 0 aliphatic heterocycles. The predicted molar refractivity (Wildman–Crippen MR) is 93.9 cm³/mol. The van der Waals surface area contributed by atoms with Gasteiger partial charge in [-0.1, -0.05) is 18.2 Å². The van der Waals surface area contributed by atoms with Crippen molar-refractivity contribution in [3.63, 3.8) is 0 Å². The number of para-hydroxylation sites is 1. The van der Waals surface area contributed by atoms with Gasteiger partial charge in [0.05, 0.1) is 6.54 Å². The molecule has 1 heterocycles. The fraction of sp³-hybridized carbons (Fsp3) is 0.389. The molecular weight excluding hydrogens is 322 g/mol. The third-order valence-corrected chi connectivity index (χ3v) is 3.80. The van der Waals surface area contributed by atoms with Gasteiger partial charge in [-0.05, 0) is 24.5 Å². The second-order valence-corrected chi connectivity index (χ2v) is 5.94. The van der Waals surface area contributed by atoms with E-state index >= 15 is 0 Å². The molecular formula is C18H23N3O4. The molecule has 2 N–H and O–H groups in total. The van der Waals surface area contributed by atoms with Gasteiger partial charge in [0.25, 0.3) is 5.91 Å². The smallest absolute Gasteiger partial charge is 0.306 e. The van der Waals surface area contributed by atoms with Gasteiger partial charge >= 0.3 is 5.97 Å². The lowest BCUT2D eigenvalue weighted by molar-refractivity contribution is -0.148. The number of benzene rings is 1. The van der Waals surface area contributed by atoms with E-state index in [1.807, 2.05) is 30.5 Å². The first-order valence-corrected chi connectivity index (χ1v) is 8.15. The number of ether oxygens (including phenoxy) is 1. The monoisotopic (exact) mass is 345 g/mol. The van der Waals surface area contributed by atoms with Crippen LogP contribution in [0.1, 0.15) is 18.4 Å². The van der Waals surface area contributed by atoms with Crippen molar-refractivity contribution in [2.75, 3.05) is 27.2 Å². The predicted octanol–water partition coefficient (Wildman–Crippen LogP) is 1.24. The molecule has 0 fully saturated rings. The van der Waals surface area contributed by atoms with E-state index in [0.717, 1.165) is 22.9 Å². The third kappa shape index (κ3) is 5.63. The van der Waals surface area contributed by atoms with Crippen molar-refractivity contribution in [3.8, 4) is 0 Å². The first kappa shape index (κ1) is 18.5. The molecule has 7 heteroatoms. The van der Waals surface area contributed by atoms with Crippen molar-refractivity contribution in [2.24, 2.45) is 0 Å². The van der Waals surface area contributed by atoms with Gasteiger partial charge in [-0.3, -0.25) is 14.4 Å². The molecule has 0 atom stereocenters. The van der Waals surface area contributed by atoms with Gasteiger partial charge < -0.3 is 19.9 Å². The maximum Gasteiger partial charge on any atom is 0.306 e. The van der Waals surface area contributed by atoms with Gasteiger partial charge in [-0.25, -0.2) is 0 Å². The fourth-order valence-electron chi connectivity index (χ4n) is 2.36. The number of aromatic amines is 1. The molecule has 2 rings (SSSR count). The van der Waals surface area contributed by atoms with E-state index in [9.17, 15) is 14.4 Å². The Morgan fingerprint density at radius 3 is 2.72 bits per heavy atom. The average Bonchev–Trinajstić information content (AvgIpc) is 3.01. The molecule has 0 bridgehead atoms. The summed E-state index contributed by atoms with van der Waals surface area (Å²) in [6, 6.07) is 8.00. The van der Waals surface area contributed by atoms with Crippen LogP contribution in [0.3, 0.4) is 0 Å². The van der Waals surface area contributed by atoms with E-state index in [0.29, 0.717) is 6.42 Å². The standard InChI is InChI=1S/C18H23N3O4/c1-21(2)17(23)11-20-16(22)12-25-18(24)9-5-6-13-10-19-15-8-4-3-7-14(13)15/h3-4,7-8,10,19H,5-6,9,11-12H2,1-2H3,(H,20,22). The van der Waals surface area contributed by atoms with Crippen molar-refractivity contribution in [1.82, 2.24) is 15.2 Å². The Balaban J connectivity index is 1.65. The van der Waals surface area contributed by atoms with E-state index in [1.54, 1.807) is 14.1 Å². The highest BCUT2D eigenvalue weighted by molar-refractivity contribution is 5.86. The molecule has 134 valence electrons. The summed E-state index contributed by atoms with van der Waals surface area (Å²) in [5, 5.41) is 3.56.